The normalized spacial score (nSPS) is 15.1. The van der Waals surface area contributed by atoms with Crippen LogP contribution in [0.3, 0.4) is 0 Å². The fourth-order valence-electron chi connectivity index (χ4n) is 3.44. The summed E-state index contributed by atoms with van der Waals surface area (Å²) in [7, 11) is 0. The minimum atomic E-state index is -0.614. The first-order chi connectivity index (χ1) is 15.5. The number of carbonyl (C=O) groups excluding carboxylic acids is 1. The summed E-state index contributed by atoms with van der Waals surface area (Å²) in [5, 5.41) is 6.78. The number of amides is 1. The van der Waals surface area contributed by atoms with Crippen LogP contribution < -0.4 is 15.6 Å². The van der Waals surface area contributed by atoms with Crippen LogP contribution in [0.4, 0.5) is 4.79 Å². The second-order valence-electron chi connectivity index (χ2n) is 7.40. The first-order valence-electron chi connectivity index (χ1n) is 10.3. The lowest BCUT2D eigenvalue weighted by atomic mass is 10.0. The van der Waals surface area contributed by atoms with Crippen LogP contribution in [0, 0.1) is 6.92 Å². The van der Waals surface area contributed by atoms with Gasteiger partial charge in [-0.2, -0.15) is 0 Å². The van der Waals surface area contributed by atoms with Crippen molar-refractivity contribution in [2.24, 2.45) is 5.16 Å². The van der Waals surface area contributed by atoms with E-state index in [0.29, 0.717) is 24.2 Å². The van der Waals surface area contributed by atoms with Gasteiger partial charge in [-0.15, -0.1) is 0 Å². The van der Waals surface area contributed by atoms with Gasteiger partial charge in [0.15, 0.2) is 11.9 Å². The number of aryl methyl sites for hydroxylation is 2. The summed E-state index contributed by atoms with van der Waals surface area (Å²) in [6.45, 7) is 3.99. The van der Waals surface area contributed by atoms with Crippen molar-refractivity contribution in [3.63, 3.8) is 0 Å². The number of aromatic amines is 1. The minimum Gasteiger partial charge on any atom is -0.409 e. The molecule has 1 atom stereocenters. The van der Waals surface area contributed by atoms with Crippen LogP contribution in [0.25, 0.3) is 11.1 Å². The molecule has 0 fully saturated rings. The van der Waals surface area contributed by atoms with Gasteiger partial charge in [-0.25, -0.2) is 4.79 Å². The Kier molecular flexibility index (Phi) is 6.25. The van der Waals surface area contributed by atoms with Crippen LogP contribution in [-0.2, 0) is 11.3 Å². The molecule has 0 radical (unpaired) electrons. The quantitative estimate of drug-likeness (QED) is 0.617. The van der Waals surface area contributed by atoms with E-state index in [0.717, 1.165) is 28.1 Å². The van der Waals surface area contributed by atoms with Gasteiger partial charge in [-0.1, -0.05) is 12.1 Å². The molecule has 3 aromatic heterocycles. The second-order valence-corrected chi connectivity index (χ2v) is 7.40. The van der Waals surface area contributed by atoms with Gasteiger partial charge in [-0.05, 0) is 37.6 Å². The van der Waals surface area contributed by atoms with Gasteiger partial charge in [0.05, 0.1) is 18.5 Å². The van der Waals surface area contributed by atoms with Gasteiger partial charge >= 0.3 is 6.09 Å². The molecule has 0 saturated carbocycles. The summed E-state index contributed by atoms with van der Waals surface area (Å²) in [5.74, 6) is 0.296. The second kappa shape index (κ2) is 9.42. The highest BCUT2D eigenvalue weighted by Crippen LogP contribution is 2.25. The third-order valence-corrected chi connectivity index (χ3v) is 5.15. The molecular weight excluding hydrogens is 410 g/mol. The molecule has 1 amide bonds. The Morgan fingerprint density at radius 2 is 2.03 bits per heavy atom. The van der Waals surface area contributed by atoms with E-state index in [1.165, 1.54) is 6.20 Å². The van der Waals surface area contributed by atoms with Gasteiger partial charge in [0.25, 0.3) is 5.56 Å². The summed E-state index contributed by atoms with van der Waals surface area (Å²) in [4.78, 5) is 40.7. The Morgan fingerprint density at radius 1 is 1.22 bits per heavy atom. The predicted octanol–water partition coefficient (Wildman–Crippen LogP) is 2.98. The van der Waals surface area contributed by atoms with E-state index in [1.807, 2.05) is 32.0 Å². The van der Waals surface area contributed by atoms with Crippen LogP contribution >= 0.6 is 0 Å². The van der Waals surface area contributed by atoms with Crippen LogP contribution in [0.2, 0.25) is 0 Å². The van der Waals surface area contributed by atoms with Crippen LogP contribution in [-0.4, -0.2) is 39.4 Å². The SMILES string of the molecule is CCc1cc(-c2cncc(OC(=O)NCC3CC(c4ccncc4)=NO3)c2)c(C)[nH]c1=O. The number of nitrogens with one attached hydrogen (secondary N) is 2. The Labute approximate surface area is 184 Å². The number of nitrogens with zero attached hydrogens (tertiary/aromatic N) is 3. The van der Waals surface area contributed by atoms with Gasteiger partial charge in [-0.3, -0.25) is 14.8 Å². The molecule has 32 heavy (non-hydrogen) atoms. The fourth-order valence-corrected chi connectivity index (χ4v) is 3.44. The van der Waals surface area contributed by atoms with Crippen molar-refractivity contribution in [1.82, 2.24) is 20.3 Å². The van der Waals surface area contributed by atoms with Crippen molar-refractivity contribution >= 4 is 11.8 Å². The first-order valence-corrected chi connectivity index (χ1v) is 10.3. The molecule has 2 N–H and O–H groups in total. The molecule has 4 rings (SSSR count). The molecule has 0 spiro atoms. The average Bonchev–Trinajstić information content (AvgIpc) is 3.28. The van der Waals surface area contributed by atoms with Crippen molar-refractivity contribution in [1.29, 1.82) is 0 Å². The maximum Gasteiger partial charge on any atom is 0.412 e. The molecule has 0 aromatic carbocycles. The van der Waals surface area contributed by atoms with Crippen LogP contribution in [0.5, 0.6) is 5.75 Å². The molecule has 4 heterocycles. The zero-order chi connectivity index (χ0) is 22.5. The van der Waals surface area contributed by atoms with Gasteiger partial charge in [0.1, 0.15) is 0 Å². The van der Waals surface area contributed by atoms with Gasteiger partial charge < -0.3 is 19.9 Å². The molecule has 1 unspecified atom stereocenters. The zero-order valence-electron chi connectivity index (χ0n) is 17.8. The Bertz CT molecular complexity index is 1210. The fraction of sp³-hybridized carbons (Fsp3) is 0.261. The number of ether oxygens (including phenoxy) is 1. The van der Waals surface area contributed by atoms with Crippen LogP contribution in [0.15, 0.2) is 59.0 Å². The van der Waals surface area contributed by atoms with Crippen molar-refractivity contribution in [3.8, 4) is 16.9 Å². The first kappa shape index (κ1) is 21.2. The number of carbonyl (C=O) groups is 1. The van der Waals surface area contributed by atoms with Crippen molar-refractivity contribution in [2.45, 2.75) is 32.8 Å². The molecule has 1 aliphatic heterocycles. The highest BCUT2D eigenvalue weighted by molar-refractivity contribution is 6.01. The monoisotopic (exact) mass is 433 g/mol. The standard InChI is InChI=1S/C23H23N5O4/c1-3-15-9-20(14(2)27-22(15)29)17-8-18(12-25-11-17)31-23(30)26-13-19-10-21(28-32-19)16-4-6-24-7-5-16/h4-9,11-12,19H,3,10,13H2,1-2H3,(H,26,30)(H,27,29). The predicted molar refractivity (Wildman–Crippen MR) is 119 cm³/mol. The molecule has 1 aliphatic rings. The molecule has 0 saturated heterocycles. The molecular formula is C23H23N5O4. The van der Waals surface area contributed by atoms with E-state index in [9.17, 15) is 9.59 Å². The number of aromatic nitrogens is 3. The lowest BCUT2D eigenvalue weighted by Gasteiger charge is -2.11. The highest BCUT2D eigenvalue weighted by Gasteiger charge is 2.23. The Hall–Kier alpha value is -4.01. The zero-order valence-corrected chi connectivity index (χ0v) is 17.8. The Morgan fingerprint density at radius 3 is 2.81 bits per heavy atom. The summed E-state index contributed by atoms with van der Waals surface area (Å²) < 4.78 is 5.38. The summed E-state index contributed by atoms with van der Waals surface area (Å²) >= 11 is 0. The molecule has 0 aliphatic carbocycles. The van der Waals surface area contributed by atoms with E-state index >= 15 is 0 Å². The maximum atomic E-state index is 12.3. The molecule has 0 bridgehead atoms. The van der Waals surface area contributed by atoms with Crippen molar-refractivity contribution in [3.05, 3.63) is 76.2 Å². The minimum absolute atomic E-state index is 0.0984. The lowest BCUT2D eigenvalue weighted by Crippen LogP contribution is -2.34. The summed E-state index contributed by atoms with van der Waals surface area (Å²) in [6, 6.07) is 7.27. The van der Waals surface area contributed by atoms with E-state index in [4.69, 9.17) is 9.57 Å². The third-order valence-electron chi connectivity index (χ3n) is 5.15. The van der Waals surface area contributed by atoms with E-state index in [-0.39, 0.29) is 18.2 Å². The number of H-pyrrole nitrogens is 1. The third kappa shape index (κ3) is 4.83. The van der Waals surface area contributed by atoms with Crippen molar-refractivity contribution in [2.75, 3.05) is 6.54 Å². The largest absolute Gasteiger partial charge is 0.412 e. The van der Waals surface area contributed by atoms with Gasteiger partial charge in [0.2, 0.25) is 0 Å². The molecule has 9 heteroatoms. The molecule has 9 nitrogen and oxygen atoms in total. The molecule has 164 valence electrons. The topological polar surface area (TPSA) is 119 Å². The number of rotatable bonds is 6. The molecule has 3 aromatic rings. The highest BCUT2D eigenvalue weighted by atomic mass is 16.6. The Balaban J connectivity index is 1.35. The van der Waals surface area contributed by atoms with Gasteiger partial charge in [0, 0.05) is 53.0 Å². The smallest absolute Gasteiger partial charge is 0.409 e. The van der Waals surface area contributed by atoms with E-state index in [2.05, 4.69) is 25.4 Å². The van der Waals surface area contributed by atoms with E-state index < -0.39 is 6.09 Å². The number of pyridine rings is 3. The maximum absolute atomic E-state index is 12.3. The van der Waals surface area contributed by atoms with E-state index in [1.54, 1.807) is 24.7 Å². The lowest BCUT2D eigenvalue weighted by molar-refractivity contribution is 0.0846. The number of oxime groups is 1. The van der Waals surface area contributed by atoms with Crippen molar-refractivity contribution < 1.29 is 14.4 Å². The van der Waals surface area contributed by atoms with Crippen LogP contribution in [0.1, 0.15) is 30.2 Å². The number of hydrogen-bond donors (Lipinski definition) is 2. The number of hydrogen-bond acceptors (Lipinski definition) is 7. The summed E-state index contributed by atoms with van der Waals surface area (Å²) in [5.41, 5.74) is 4.63. The average molecular weight is 433 g/mol. The summed E-state index contributed by atoms with van der Waals surface area (Å²) in [6.07, 6.45) is 6.82.